The van der Waals surface area contributed by atoms with Crippen molar-refractivity contribution in [1.29, 1.82) is 0 Å². The molecule has 0 aliphatic carbocycles. The third-order valence-corrected chi connectivity index (χ3v) is 4.71. The Bertz CT molecular complexity index is 645. The van der Waals surface area contributed by atoms with Crippen molar-refractivity contribution < 1.29 is 9.18 Å². The van der Waals surface area contributed by atoms with Gasteiger partial charge in [-0.3, -0.25) is 9.69 Å². The SMILES string of the molecule is O=C1CC(S)CN1c1nc2c(Br)cc(F)cc2s1. The van der Waals surface area contributed by atoms with Crippen LogP contribution in [0.1, 0.15) is 6.42 Å². The normalized spacial score (nSPS) is 20.1. The third-order valence-electron chi connectivity index (χ3n) is 2.74. The minimum Gasteiger partial charge on any atom is -0.287 e. The Labute approximate surface area is 121 Å². The van der Waals surface area contributed by atoms with Gasteiger partial charge in [-0.05, 0) is 28.1 Å². The van der Waals surface area contributed by atoms with Crippen LogP contribution in [0.3, 0.4) is 0 Å². The number of thiol groups is 1. The first-order valence-electron chi connectivity index (χ1n) is 5.28. The van der Waals surface area contributed by atoms with Crippen LogP contribution in [0.4, 0.5) is 9.52 Å². The second kappa shape index (κ2) is 4.47. The molecule has 2 aromatic rings. The molecule has 1 unspecified atom stereocenters. The van der Waals surface area contributed by atoms with E-state index in [1.54, 1.807) is 4.90 Å². The molecule has 0 N–H and O–H groups in total. The first-order valence-corrected chi connectivity index (χ1v) is 7.41. The lowest BCUT2D eigenvalue weighted by Gasteiger charge is -2.10. The van der Waals surface area contributed by atoms with E-state index in [2.05, 4.69) is 33.5 Å². The highest BCUT2D eigenvalue weighted by atomic mass is 79.9. The summed E-state index contributed by atoms with van der Waals surface area (Å²) in [4.78, 5) is 17.8. The topological polar surface area (TPSA) is 33.2 Å². The fraction of sp³-hybridized carbons (Fsp3) is 0.273. The number of carbonyl (C=O) groups is 1. The van der Waals surface area contributed by atoms with Crippen LogP contribution in [0, 0.1) is 5.82 Å². The smallest absolute Gasteiger partial charge is 0.229 e. The molecule has 0 saturated carbocycles. The Hall–Kier alpha value is -0.660. The molecule has 1 amide bonds. The molecule has 3 rings (SSSR count). The fourth-order valence-electron chi connectivity index (χ4n) is 1.93. The van der Waals surface area contributed by atoms with Crippen molar-refractivity contribution in [3.8, 4) is 0 Å². The van der Waals surface area contributed by atoms with Gasteiger partial charge in [-0.15, -0.1) is 0 Å². The average molecular weight is 347 g/mol. The maximum Gasteiger partial charge on any atom is 0.229 e. The molecule has 1 saturated heterocycles. The molecule has 1 aliphatic heterocycles. The molecule has 1 atom stereocenters. The number of aromatic nitrogens is 1. The zero-order chi connectivity index (χ0) is 12.9. The van der Waals surface area contributed by atoms with Gasteiger partial charge in [0.15, 0.2) is 5.13 Å². The van der Waals surface area contributed by atoms with Crippen molar-refractivity contribution in [2.75, 3.05) is 11.4 Å². The molecular formula is C11H8BrFN2OS2. The number of amides is 1. The van der Waals surface area contributed by atoms with E-state index in [1.807, 2.05) is 0 Å². The molecule has 0 bridgehead atoms. The van der Waals surface area contributed by atoms with Crippen LogP contribution in [0.15, 0.2) is 16.6 Å². The lowest BCUT2D eigenvalue weighted by atomic mass is 10.3. The molecular weight excluding hydrogens is 339 g/mol. The molecule has 94 valence electrons. The van der Waals surface area contributed by atoms with Crippen LogP contribution in [-0.4, -0.2) is 22.7 Å². The van der Waals surface area contributed by atoms with Gasteiger partial charge in [0.25, 0.3) is 0 Å². The molecule has 18 heavy (non-hydrogen) atoms. The highest BCUT2D eigenvalue weighted by Gasteiger charge is 2.30. The van der Waals surface area contributed by atoms with E-state index >= 15 is 0 Å². The summed E-state index contributed by atoms with van der Waals surface area (Å²) in [5, 5.41) is 0.655. The van der Waals surface area contributed by atoms with Gasteiger partial charge in [0, 0.05) is 22.7 Å². The summed E-state index contributed by atoms with van der Waals surface area (Å²) >= 11 is 8.91. The molecule has 3 nitrogen and oxygen atoms in total. The van der Waals surface area contributed by atoms with E-state index in [0.29, 0.717) is 28.1 Å². The standard InChI is InChI=1S/C11H8BrFN2OS2/c12-7-1-5(13)2-8-10(7)14-11(18-8)15-4-6(17)3-9(15)16/h1-2,6,17H,3-4H2. The van der Waals surface area contributed by atoms with E-state index in [-0.39, 0.29) is 17.0 Å². The molecule has 2 heterocycles. The summed E-state index contributed by atoms with van der Waals surface area (Å²) < 4.78 is 14.6. The molecule has 0 spiro atoms. The van der Waals surface area contributed by atoms with Gasteiger partial charge in [-0.1, -0.05) is 11.3 Å². The number of hydrogen-bond acceptors (Lipinski definition) is 4. The quantitative estimate of drug-likeness (QED) is 0.804. The summed E-state index contributed by atoms with van der Waals surface area (Å²) in [6.07, 6.45) is 0.425. The third kappa shape index (κ3) is 2.04. The highest BCUT2D eigenvalue weighted by molar-refractivity contribution is 9.10. The first-order chi connectivity index (χ1) is 8.54. The summed E-state index contributed by atoms with van der Waals surface area (Å²) in [5.41, 5.74) is 0.687. The van der Waals surface area contributed by atoms with Crippen LogP contribution < -0.4 is 4.90 Å². The van der Waals surface area contributed by atoms with Crippen molar-refractivity contribution >= 4 is 61.2 Å². The van der Waals surface area contributed by atoms with E-state index < -0.39 is 0 Å². The van der Waals surface area contributed by atoms with Gasteiger partial charge in [0.2, 0.25) is 5.91 Å². The number of rotatable bonds is 1. The maximum atomic E-state index is 13.3. The average Bonchev–Trinajstić information content (AvgIpc) is 2.81. The Kier molecular flexibility index (Phi) is 3.07. The predicted octanol–water partition coefficient (Wildman–Crippen LogP) is 3.23. The Morgan fingerprint density at radius 3 is 3.00 bits per heavy atom. The molecule has 7 heteroatoms. The molecule has 1 aromatic heterocycles. The summed E-state index contributed by atoms with van der Waals surface area (Å²) in [7, 11) is 0. The molecule has 0 radical (unpaired) electrons. The largest absolute Gasteiger partial charge is 0.287 e. The number of nitrogens with zero attached hydrogens (tertiary/aromatic N) is 2. The van der Waals surface area contributed by atoms with E-state index in [0.717, 1.165) is 4.70 Å². The van der Waals surface area contributed by atoms with Crippen LogP contribution in [-0.2, 0) is 4.79 Å². The number of halogens is 2. The number of anilines is 1. The van der Waals surface area contributed by atoms with Gasteiger partial charge in [0.1, 0.15) is 5.82 Å². The molecule has 1 fully saturated rings. The number of carbonyl (C=O) groups excluding carboxylic acids is 1. The lowest BCUT2D eigenvalue weighted by Crippen LogP contribution is -2.24. The fourth-order valence-corrected chi connectivity index (χ4v) is 3.95. The zero-order valence-electron chi connectivity index (χ0n) is 9.06. The van der Waals surface area contributed by atoms with Gasteiger partial charge in [0.05, 0.1) is 10.2 Å². The van der Waals surface area contributed by atoms with E-state index in [1.165, 1.54) is 23.5 Å². The van der Waals surface area contributed by atoms with Gasteiger partial charge in [-0.25, -0.2) is 9.37 Å². The summed E-state index contributed by atoms with van der Waals surface area (Å²) in [6, 6.07) is 2.80. The van der Waals surface area contributed by atoms with Gasteiger partial charge in [-0.2, -0.15) is 12.6 Å². The number of thiazole rings is 1. The maximum absolute atomic E-state index is 13.3. The second-order valence-electron chi connectivity index (χ2n) is 4.09. The summed E-state index contributed by atoms with van der Waals surface area (Å²) in [5.74, 6) is -0.296. The molecule has 1 aromatic carbocycles. The Morgan fingerprint density at radius 1 is 1.56 bits per heavy atom. The van der Waals surface area contributed by atoms with Gasteiger partial charge < -0.3 is 0 Å². The van der Waals surface area contributed by atoms with E-state index in [4.69, 9.17) is 0 Å². The predicted molar refractivity (Wildman–Crippen MR) is 77.0 cm³/mol. The zero-order valence-corrected chi connectivity index (χ0v) is 12.4. The van der Waals surface area contributed by atoms with Crippen molar-refractivity contribution in [1.82, 2.24) is 4.98 Å². The van der Waals surface area contributed by atoms with Crippen molar-refractivity contribution in [2.45, 2.75) is 11.7 Å². The highest BCUT2D eigenvalue weighted by Crippen LogP contribution is 2.35. The summed E-state index contributed by atoms with van der Waals surface area (Å²) in [6.45, 7) is 0.557. The lowest BCUT2D eigenvalue weighted by molar-refractivity contribution is -0.117. The number of benzene rings is 1. The van der Waals surface area contributed by atoms with Crippen molar-refractivity contribution in [3.05, 3.63) is 22.4 Å². The van der Waals surface area contributed by atoms with Crippen LogP contribution in [0.5, 0.6) is 0 Å². The van der Waals surface area contributed by atoms with Crippen molar-refractivity contribution in [3.63, 3.8) is 0 Å². The molecule has 1 aliphatic rings. The van der Waals surface area contributed by atoms with Crippen LogP contribution >= 0.6 is 39.9 Å². The van der Waals surface area contributed by atoms with Crippen molar-refractivity contribution in [2.24, 2.45) is 0 Å². The second-order valence-corrected chi connectivity index (χ2v) is 6.69. The first kappa shape index (κ1) is 12.4. The minimum absolute atomic E-state index is 0.0191. The van der Waals surface area contributed by atoms with Crippen LogP contribution in [0.25, 0.3) is 10.2 Å². The Balaban J connectivity index is 2.09. The number of hydrogen-bond donors (Lipinski definition) is 1. The van der Waals surface area contributed by atoms with Gasteiger partial charge >= 0.3 is 0 Å². The monoisotopic (exact) mass is 346 g/mol. The number of fused-ring (bicyclic) bond motifs is 1. The van der Waals surface area contributed by atoms with Crippen LogP contribution in [0.2, 0.25) is 0 Å². The minimum atomic E-state index is -0.315. The Morgan fingerprint density at radius 2 is 2.33 bits per heavy atom. The van der Waals surface area contributed by atoms with E-state index in [9.17, 15) is 9.18 Å².